The summed E-state index contributed by atoms with van der Waals surface area (Å²) >= 11 is 0. The second-order valence-corrected chi connectivity index (χ2v) is 10.3. The third-order valence-corrected chi connectivity index (χ3v) is 7.08. The van der Waals surface area contributed by atoms with Crippen molar-refractivity contribution in [2.75, 3.05) is 26.2 Å². The first-order valence-corrected chi connectivity index (χ1v) is 13.8. The molecule has 0 bridgehead atoms. The maximum Gasteiger partial charge on any atom is 0.317 e. The SMILES string of the molecule is CCCCCCCN(CCO[C@@H]1CCC[C@H](CCC(C(=O)O)C(C)C)C1)C(=O)NCCCC. The van der Waals surface area contributed by atoms with Gasteiger partial charge in [0.05, 0.1) is 18.6 Å². The van der Waals surface area contributed by atoms with Crippen molar-refractivity contribution in [1.82, 2.24) is 10.2 Å². The van der Waals surface area contributed by atoms with Gasteiger partial charge < -0.3 is 20.1 Å². The Hall–Kier alpha value is -1.30. The summed E-state index contributed by atoms with van der Waals surface area (Å²) in [5.74, 6) is -0.185. The van der Waals surface area contributed by atoms with E-state index in [1.807, 2.05) is 18.7 Å². The number of carbonyl (C=O) groups is 2. The predicted molar refractivity (Wildman–Crippen MR) is 136 cm³/mol. The van der Waals surface area contributed by atoms with Crippen LogP contribution in [0.3, 0.4) is 0 Å². The van der Waals surface area contributed by atoms with Crippen molar-refractivity contribution < 1.29 is 19.4 Å². The van der Waals surface area contributed by atoms with E-state index >= 15 is 0 Å². The molecule has 0 aromatic heterocycles. The van der Waals surface area contributed by atoms with E-state index in [0.717, 1.165) is 64.5 Å². The van der Waals surface area contributed by atoms with Gasteiger partial charge in [0, 0.05) is 19.6 Å². The fraction of sp³-hybridized carbons (Fsp3) is 0.926. The predicted octanol–water partition coefficient (Wildman–Crippen LogP) is 6.48. The molecule has 0 aromatic rings. The van der Waals surface area contributed by atoms with Gasteiger partial charge in [0.1, 0.15) is 0 Å². The zero-order valence-corrected chi connectivity index (χ0v) is 21.9. The Morgan fingerprint density at radius 2 is 1.76 bits per heavy atom. The number of ether oxygens (including phenoxy) is 1. The number of carbonyl (C=O) groups excluding carboxylic acids is 1. The van der Waals surface area contributed by atoms with E-state index in [1.165, 1.54) is 32.1 Å². The molecular formula is C27H52N2O4. The Kier molecular flexibility index (Phi) is 16.3. The van der Waals surface area contributed by atoms with Crippen molar-refractivity contribution in [2.24, 2.45) is 17.8 Å². The van der Waals surface area contributed by atoms with Crippen LogP contribution in [0.1, 0.15) is 111 Å². The van der Waals surface area contributed by atoms with Crippen LogP contribution >= 0.6 is 0 Å². The summed E-state index contributed by atoms with van der Waals surface area (Å²) in [5.41, 5.74) is 0. The van der Waals surface area contributed by atoms with E-state index in [2.05, 4.69) is 19.2 Å². The second kappa shape index (κ2) is 18.1. The Morgan fingerprint density at radius 1 is 1.03 bits per heavy atom. The van der Waals surface area contributed by atoms with Crippen molar-refractivity contribution in [3.05, 3.63) is 0 Å². The molecule has 1 rings (SSSR count). The molecule has 2 amide bonds. The first kappa shape index (κ1) is 29.7. The summed E-state index contributed by atoms with van der Waals surface area (Å²) in [6.07, 6.45) is 14.4. The smallest absolute Gasteiger partial charge is 0.317 e. The van der Waals surface area contributed by atoms with Gasteiger partial charge in [0.25, 0.3) is 0 Å². The van der Waals surface area contributed by atoms with E-state index in [9.17, 15) is 14.7 Å². The number of hydrogen-bond donors (Lipinski definition) is 2. The number of rotatable bonds is 18. The van der Waals surface area contributed by atoms with Gasteiger partial charge in [0.15, 0.2) is 0 Å². The highest BCUT2D eigenvalue weighted by Crippen LogP contribution is 2.32. The van der Waals surface area contributed by atoms with Crippen LogP contribution in [0.15, 0.2) is 0 Å². The molecule has 1 aliphatic carbocycles. The third-order valence-electron chi connectivity index (χ3n) is 7.08. The lowest BCUT2D eigenvalue weighted by Gasteiger charge is -2.31. The van der Waals surface area contributed by atoms with Crippen molar-refractivity contribution in [2.45, 2.75) is 117 Å². The van der Waals surface area contributed by atoms with Crippen LogP contribution in [0.4, 0.5) is 4.79 Å². The fourth-order valence-electron chi connectivity index (χ4n) is 4.85. The second-order valence-electron chi connectivity index (χ2n) is 10.3. The molecule has 0 spiro atoms. The Balaban J connectivity index is 2.43. The number of carboxylic acids is 1. The van der Waals surface area contributed by atoms with E-state index in [1.54, 1.807) is 0 Å². The lowest BCUT2D eigenvalue weighted by Crippen LogP contribution is -2.43. The summed E-state index contributed by atoms with van der Waals surface area (Å²) < 4.78 is 6.23. The minimum absolute atomic E-state index is 0.0393. The fourth-order valence-corrected chi connectivity index (χ4v) is 4.85. The lowest BCUT2D eigenvalue weighted by molar-refractivity contribution is -0.143. The van der Waals surface area contributed by atoms with Crippen LogP contribution < -0.4 is 5.32 Å². The van der Waals surface area contributed by atoms with Crippen LogP contribution in [0.2, 0.25) is 0 Å². The average molecular weight is 469 g/mol. The Morgan fingerprint density at radius 3 is 2.42 bits per heavy atom. The Labute approximate surface area is 203 Å². The zero-order chi connectivity index (χ0) is 24.5. The van der Waals surface area contributed by atoms with Crippen LogP contribution in [0, 0.1) is 17.8 Å². The number of nitrogens with zero attached hydrogens (tertiary/aromatic N) is 1. The molecule has 0 saturated heterocycles. The number of aliphatic carboxylic acids is 1. The van der Waals surface area contributed by atoms with Crippen LogP contribution in [-0.2, 0) is 9.53 Å². The highest BCUT2D eigenvalue weighted by atomic mass is 16.5. The highest BCUT2D eigenvalue weighted by molar-refractivity contribution is 5.74. The maximum atomic E-state index is 12.6. The first-order valence-electron chi connectivity index (χ1n) is 13.8. The van der Waals surface area contributed by atoms with E-state index < -0.39 is 5.97 Å². The molecule has 0 radical (unpaired) electrons. The number of urea groups is 1. The van der Waals surface area contributed by atoms with Gasteiger partial charge in [-0.3, -0.25) is 4.79 Å². The first-order chi connectivity index (χ1) is 15.9. The number of nitrogens with one attached hydrogen (secondary N) is 1. The number of hydrogen-bond acceptors (Lipinski definition) is 3. The highest BCUT2D eigenvalue weighted by Gasteiger charge is 2.27. The molecule has 1 fully saturated rings. The standard InChI is InChI=1S/C27H52N2O4/c1-5-7-9-10-11-18-29(27(32)28-17-8-6-2)19-20-33-24-14-12-13-23(21-24)15-16-25(22(3)4)26(30)31/h22-25H,5-21H2,1-4H3,(H,28,32)(H,30,31)/t23-,24-,25?/m1/s1. The van der Waals surface area contributed by atoms with Crippen molar-refractivity contribution in [3.63, 3.8) is 0 Å². The van der Waals surface area contributed by atoms with Crippen LogP contribution in [-0.4, -0.2) is 54.4 Å². The van der Waals surface area contributed by atoms with Gasteiger partial charge in [-0.05, 0) is 50.4 Å². The largest absolute Gasteiger partial charge is 0.481 e. The zero-order valence-electron chi connectivity index (χ0n) is 21.9. The van der Waals surface area contributed by atoms with Gasteiger partial charge in [-0.2, -0.15) is 0 Å². The van der Waals surface area contributed by atoms with E-state index in [0.29, 0.717) is 19.1 Å². The number of unbranched alkanes of at least 4 members (excludes halogenated alkanes) is 5. The van der Waals surface area contributed by atoms with Gasteiger partial charge in [0.2, 0.25) is 0 Å². The van der Waals surface area contributed by atoms with E-state index in [-0.39, 0.29) is 24.0 Å². The molecular weight excluding hydrogens is 416 g/mol. The van der Waals surface area contributed by atoms with Crippen molar-refractivity contribution in [1.29, 1.82) is 0 Å². The molecule has 0 aromatic carbocycles. The summed E-state index contributed by atoms with van der Waals surface area (Å²) in [6, 6.07) is 0.0393. The summed E-state index contributed by atoms with van der Waals surface area (Å²) in [6.45, 7) is 11.1. The molecule has 0 heterocycles. The molecule has 1 unspecified atom stereocenters. The summed E-state index contributed by atoms with van der Waals surface area (Å²) in [4.78, 5) is 26.1. The van der Waals surface area contributed by atoms with Crippen molar-refractivity contribution in [3.8, 4) is 0 Å². The van der Waals surface area contributed by atoms with Gasteiger partial charge in [-0.25, -0.2) is 4.79 Å². The lowest BCUT2D eigenvalue weighted by atomic mass is 9.81. The quantitative estimate of drug-likeness (QED) is 0.226. The van der Waals surface area contributed by atoms with Gasteiger partial charge >= 0.3 is 12.0 Å². The Bertz CT molecular complexity index is 526. The van der Waals surface area contributed by atoms with Crippen LogP contribution in [0.25, 0.3) is 0 Å². The molecule has 3 atom stereocenters. The minimum Gasteiger partial charge on any atom is -0.481 e. The van der Waals surface area contributed by atoms with Crippen LogP contribution in [0.5, 0.6) is 0 Å². The molecule has 6 nitrogen and oxygen atoms in total. The van der Waals surface area contributed by atoms with Gasteiger partial charge in [-0.15, -0.1) is 0 Å². The molecule has 194 valence electrons. The average Bonchev–Trinajstić information content (AvgIpc) is 2.77. The molecule has 0 aliphatic heterocycles. The van der Waals surface area contributed by atoms with E-state index in [4.69, 9.17) is 4.74 Å². The topological polar surface area (TPSA) is 78.9 Å². The minimum atomic E-state index is -0.666. The molecule has 1 aliphatic rings. The monoisotopic (exact) mass is 468 g/mol. The third kappa shape index (κ3) is 13.2. The molecule has 33 heavy (non-hydrogen) atoms. The number of carboxylic acid groups (broad SMARTS) is 1. The van der Waals surface area contributed by atoms with Crippen molar-refractivity contribution >= 4 is 12.0 Å². The number of amides is 2. The molecule has 2 N–H and O–H groups in total. The molecule has 1 saturated carbocycles. The normalized spacial score (nSPS) is 19.4. The molecule has 6 heteroatoms. The maximum absolute atomic E-state index is 12.6. The summed E-state index contributed by atoms with van der Waals surface area (Å²) in [7, 11) is 0. The van der Waals surface area contributed by atoms with Gasteiger partial charge in [-0.1, -0.05) is 72.6 Å². The summed E-state index contributed by atoms with van der Waals surface area (Å²) in [5, 5.41) is 12.5.